The predicted octanol–water partition coefficient (Wildman–Crippen LogP) is 4.54. The van der Waals surface area contributed by atoms with Gasteiger partial charge in [-0.15, -0.1) is 11.3 Å². The molecule has 7 heteroatoms. The third kappa shape index (κ3) is 5.72. The van der Waals surface area contributed by atoms with Crippen molar-refractivity contribution in [2.75, 3.05) is 18.5 Å². The van der Waals surface area contributed by atoms with E-state index in [9.17, 15) is 4.79 Å². The first kappa shape index (κ1) is 19.7. The molecule has 3 aromatic rings. The predicted molar refractivity (Wildman–Crippen MR) is 111 cm³/mol. The number of para-hydroxylation sites is 1. The summed E-state index contributed by atoms with van der Waals surface area (Å²) in [6.07, 6.45) is 0. The molecule has 0 radical (unpaired) electrons. The highest BCUT2D eigenvalue weighted by Gasteiger charge is 2.05. The number of urea groups is 1. The lowest BCUT2D eigenvalue weighted by Gasteiger charge is -2.13. The standard InChI is InChI=1S/C21H23N3O3S/c1-15-5-3-6-16(2)20(15)26-10-9-22-21(25)24-17-7-4-8-19(11-17)27-12-18-13-28-14-23-18/h3-8,11,13-14H,9-10,12H2,1-2H3,(H2,22,24,25). The van der Waals surface area contributed by atoms with Gasteiger partial charge in [0.2, 0.25) is 0 Å². The van der Waals surface area contributed by atoms with E-state index in [1.165, 1.54) is 11.3 Å². The normalized spacial score (nSPS) is 10.4. The van der Waals surface area contributed by atoms with Crippen molar-refractivity contribution in [1.82, 2.24) is 10.3 Å². The number of nitrogens with zero attached hydrogens (tertiary/aromatic N) is 1. The number of rotatable bonds is 8. The fourth-order valence-electron chi connectivity index (χ4n) is 2.65. The number of nitrogens with one attached hydrogen (secondary N) is 2. The largest absolute Gasteiger partial charge is 0.491 e. The molecule has 28 heavy (non-hydrogen) atoms. The van der Waals surface area contributed by atoms with E-state index < -0.39 is 0 Å². The topological polar surface area (TPSA) is 72.5 Å². The first-order chi connectivity index (χ1) is 13.6. The van der Waals surface area contributed by atoms with E-state index in [0.29, 0.717) is 31.2 Å². The summed E-state index contributed by atoms with van der Waals surface area (Å²) in [6, 6.07) is 13.0. The monoisotopic (exact) mass is 397 g/mol. The molecule has 2 amide bonds. The van der Waals surface area contributed by atoms with E-state index in [4.69, 9.17) is 9.47 Å². The van der Waals surface area contributed by atoms with Crippen molar-refractivity contribution in [1.29, 1.82) is 0 Å². The van der Waals surface area contributed by atoms with Crippen LogP contribution in [0.5, 0.6) is 11.5 Å². The Kier molecular flexibility index (Phi) is 6.86. The number of carbonyl (C=O) groups excluding carboxylic acids is 1. The zero-order chi connectivity index (χ0) is 19.8. The first-order valence-corrected chi connectivity index (χ1v) is 9.90. The van der Waals surface area contributed by atoms with Crippen LogP contribution in [0, 0.1) is 13.8 Å². The molecular weight excluding hydrogens is 374 g/mol. The second-order valence-electron chi connectivity index (χ2n) is 6.25. The molecule has 1 heterocycles. The van der Waals surface area contributed by atoms with Crippen molar-refractivity contribution in [3.63, 3.8) is 0 Å². The van der Waals surface area contributed by atoms with Crippen LogP contribution in [0.4, 0.5) is 10.5 Å². The average Bonchev–Trinajstić information content (AvgIpc) is 3.19. The van der Waals surface area contributed by atoms with E-state index >= 15 is 0 Å². The molecule has 2 N–H and O–H groups in total. The maximum atomic E-state index is 12.1. The number of anilines is 1. The van der Waals surface area contributed by atoms with Crippen molar-refractivity contribution in [2.24, 2.45) is 0 Å². The van der Waals surface area contributed by atoms with Gasteiger partial charge in [-0.05, 0) is 37.1 Å². The molecular formula is C21H23N3O3S. The third-order valence-electron chi connectivity index (χ3n) is 4.00. The fourth-order valence-corrected chi connectivity index (χ4v) is 3.19. The second-order valence-corrected chi connectivity index (χ2v) is 6.97. The molecule has 146 valence electrons. The van der Waals surface area contributed by atoms with Crippen LogP contribution in [-0.4, -0.2) is 24.2 Å². The van der Waals surface area contributed by atoms with Crippen molar-refractivity contribution >= 4 is 23.1 Å². The molecule has 1 aromatic heterocycles. The minimum atomic E-state index is -0.290. The summed E-state index contributed by atoms with van der Waals surface area (Å²) < 4.78 is 11.5. The average molecular weight is 398 g/mol. The van der Waals surface area contributed by atoms with E-state index in [0.717, 1.165) is 22.6 Å². The van der Waals surface area contributed by atoms with E-state index in [2.05, 4.69) is 15.6 Å². The number of amides is 2. The molecule has 0 spiro atoms. The molecule has 3 rings (SSSR count). The Morgan fingerprint density at radius 3 is 2.64 bits per heavy atom. The molecule has 2 aromatic carbocycles. The Morgan fingerprint density at radius 1 is 1.11 bits per heavy atom. The third-order valence-corrected chi connectivity index (χ3v) is 4.64. The van der Waals surface area contributed by atoms with Crippen LogP contribution in [-0.2, 0) is 6.61 Å². The molecule has 0 saturated heterocycles. The molecule has 0 unspecified atom stereocenters. The quantitative estimate of drug-likeness (QED) is 0.548. The highest BCUT2D eigenvalue weighted by molar-refractivity contribution is 7.07. The molecule has 0 atom stereocenters. The van der Waals surface area contributed by atoms with Crippen LogP contribution in [0.3, 0.4) is 0 Å². The van der Waals surface area contributed by atoms with Crippen LogP contribution in [0.25, 0.3) is 0 Å². The second kappa shape index (κ2) is 9.75. The van der Waals surface area contributed by atoms with Crippen LogP contribution < -0.4 is 20.1 Å². The number of benzene rings is 2. The van der Waals surface area contributed by atoms with E-state index in [1.54, 1.807) is 11.6 Å². The van der Waals surface area contributed by atoms with Crippen LogP contribution in [0.15, 0.2) is 53.4 Å². The van der Waals surface area contributed by atoms with E-state index in [1.807, 2.05) is 55.6 Å². The Balaban J connectivity index is 1.42. The maximum Gasteiger partial charge on any atom is 0.319 e. The Hall–Kier alpha value is -3.06. The van der Waals surface area contributed by atoms with Gasteiger partial charge in [0.05, 0.1) is 17.7 Å². The van der Waals surface area contributed by atoms with Crippen LogP contribution in [0.1, 0.15) is 16.8 Å². The summed E-state index contributed by atoms with van der Waals surface area (Å²) in [6.45, 7) is 5.21. The smallest absolute Gasteiger partial charge is 0.319 e. The van der Waals surface area contributed by atoms with Gasteiger partial charge in [-0.2, -0.15) is 0 Å². The maximum absolute atomic E-state index is 12.1. The molecule has 0 bridgehead atoms. The van der Waals surface area contributed by atoms with Gasteiger partial charge in [-0.3, -0.25) is 0 Å². The Morgan fingerprint density at radius 2 is 1.89 bits per heavy atom. The summed E-state index contributed by atoms with van der Waals surface area (Å²) >= 11 is 1.53. The summed E-state index contributed by atoms with van der Waals surface area (Å²) in [5, 5.41) is 7.53. The van der Waals surface area contributed by atoms with Crippen molar-refractivity contribution < 1.29 is 14.3 Å². The highest BCUT2D eigenvalue weighted by Crippen LogP contribution is 2.22. The zero-order valence-electron chi connectivity index (χ0n) is 15.9. The minimum absolute atomic E-state index is 0.290. The fraction of sp³-hybridized carbons (Fsp3) is 0.238. The molecule has 0 aliphatic rings. The summed E-state index contributed by atoms with van der Waals surface area (Å²) in [5.41, 5.74) is 5.47. The Bertz CT molecular complexity index is 893. The van der Waals surface area contributed by atoms with Gasteiger partial charge in [0.15, 0.2) is 0 Å². The number of carbonyl (C=O) groups is 1. The SMILES string of the molecule is Cc1cccc(C)c1OCCNC(=O)Nc1cccc(OCc2cscn2)c1. The van der Waals surface area contributed by atoms with Crippen LogP contribution in [0.2, 0.25) is 0 Å². The number of ether oxygens (including phenoxy) is 2. The number of aromatic nitrogens is 1. The van der Waals surface area contributed by atoms with Gasteiger partial charge in [0, 0.05) is 17.1 Å². The molecule has 0 fully saturated rings. The van der Waals surface area contributed by atoms with Gasteiger partial charge < -0.3 is 20.1 Å². The number of hydrogen-bond donors (Lipinski definition) is 2. The number of thiazole rings is 1. The summed E-state index contributed by atoms with van der Waals surface area (Å²) in [4.78, 5) is 16.3. The summed E-state index contributed by atoms with van der Waals surface area (Å²) in [7, 11) is 0. The first-order valence-electron chi connectivity index (χ1n) is 8.95. The van der Waals surface area contributed by atoms with Crippen molar-refractivity contribution in [2.45, 2.75) is 20.5 Å². The van der Waals surface area contributed by atoms with Gasteiger partial charge in [0.25, 0.3) is 0 Å². The zero-order valence-corrected chi connectivity index (χ0v) is 16.7. The lowest BCUT2D eigenvalue weighted by molar-refractivity contribution is 0.247. The van der Waals surface area contributed by atoms with E-state index in [-0.39, 0.29) is 6.03 Å². The van der Waals surface area contributed by atoms with Gasteiger partial charge in [0.1, 0.15) is 24.7 Å². The molecule has 0 saturated carbocycles. The molecule has 6 nitrogen and oxygen atoms in total. The summed E-state index contributed by atoms with van der Waals surface area (Å²) in [5.74, 6) is 1.54. The lowest BCUT2D eigenvalue weighted by Crippen LogP contribution is -2.32. The molecule has 0 aliphatic carbocycles. The van der Waals surface area contributed by atoms with Gasteiger partial charge >= 0.3 is 6.03 Å². The van der Waals surface area contributed by atoms with Crippen molar-refractivity contribution in [3.8, 4) is 11.5 Å². The Labute approximate surface area is 168 Å². The molecule has 0 aliphatic heterocycles. The van der Waals surface area contributed by atoms with Gasteiger partial charge in [-0.1, -0.05) is 24.3 Å². The minimum Gasteiger partial charge on any atom is -0.491 e. The number of hydrogen-bond acceptors (Lipinski definition) is 5. The number of aryl methyl sites for hydroxylation is 2. The highest BCUT2D eigenvalue weighted by atomic mass is 32.1. The van der Waals surface area contributed by atoms with Gasteiger partial charge in [-0.25, -0.2) is 9.78 Å². The lowest BCUT2D eigenvalue weighted by atomic mass is 10.1. The van der Waals surface area contributed by atoms with Crippen LogP contribution >= 0.6 is 11.3 Å². The van der Waals surface area contributed by atoms with Crippen molar-refractivity contribution in [3.05, 3.63) is 70.2 Å².